The molecule has 0 amide bonds. The van der Waals surface area contributed by atoms with Crippen molar-refractivity contribution in [1.82, 2.24) is 19.2 Å². The first-order valence-corrected chi connectivity index (χ1v) is 11.9. The highest BCUT2D eigenvalue weighted by molar-refractivity contribution is 5.95. The molecule has 5 nitrogen and oxygen atoms in total. The first-order valence-electron chi connectivity index (χ1n) is 11.9. The van der Waals surface area contributed by atoms with Crippen molar-refractivity contribution in [3.05, 3.63) is 93.7 Å². The lowest BCUT2D eigenvalue weighted by atomic mass is 9.91. The normalized spacial score (nSPS) is 14.8. The number of nitrogens with zero attached hydrogens (tertiary/aromatic N) is 4. The monoisotopic (exact) mass is 436 g/mol. The van der Waals surface area contributed by atoms with Gasteiger partial charge in [-0.15, -0.1) is 0 Å². The molecule has 0 radical (unpaired) electrons. The minimum atomic E-state index is 0.139. The Balaban J connectivity index is 1.14. The van der Waals surface area contributed by atoms with Crippen molar-refractivity contribution in [2.75, 3.05) is 0 Å². The third-order valence-electron chi connectivity index (χ3n) is 7.15. The number of carbonyl (C=O) groups is 1. The predicted octanol–water partition coefficient (Wildman–Crippen LogP) is 5.46. The second-order valence-corrected chi connectivity index (χ2v) is 9.56. The minimum Gasteiger partial charge on any atom is -0.306 e. The smallest absolute Gasteiger partial charge is 0.166 e. The molecule has 33 heavy (non-hydrogen) atoms. The van der Waals surface area contributed by atoms with Gasteiger partial charge < -0.3 is 4.40 Å². The number of allylic oxidation sites excluding steroid dienone is 1. The lowest BCUT2D eigenvalue weighted by Gasteiger charge is -2.14. The average Bonchev–Trinajstić information content (AvgIpc) is 3.18. The molecule has 0 bridgehead atoms. The van der Waals surface area contributed by atoms with Crippen molar-refractivity contribution in [2.45, 2.75) is 58.4 Å². The van der Waals surface area contributed by atoms with E-state index < -0.39 is 0 Å². The van der Waals surface area contributed by atoms with Crippen molar-refractivity contribution in [3.8, 4) is 0 Å². The summed E-state index contributed by atoms with van der Waals surface area (Å²) in [4.78, 5) is 17.6. The molecule has 0 unspecified atom stereocenters. The fraction of sp³-hybridized carbons (Fsp3) is 0.321. The molecule has 0 N–H and O–H groups in total. The van der Waals surface area contributed by atoms with Gasteiger partial charge in [-0.3, -0.25) is 9.48 Å². The van der Waals surface area contributed by atoms with Crippen molar-refractivity contribution in [2.24, 2.45) is 0 Å². The van der Waals surface area contributed by atoms with Crippen LogP contribution in [-0.4, -0.2) is 24.9 Å². The van der Waals surface area contributed by atoms with E-state index >= 15 is 0 Å². The van der Waals surface area contributed by atoms with Gasteiger partial charge >= 0.3 is 0 Å². The van der Waals surface area contributed by atoms with Gasteiger partial charge in [0.1, 0.15) is 5.65 Å². The SMILES string of the molecule is Cc1cc2c(c(C)c1CCC(=O)c1cnn(Cc3cn4cc(C5CC5)ccc4n3)c1)C=CC2. The molecular formula is C28H28N4O. The first-order chi connectivity index (χ1) is 16.0. The maximum Gasteiger partial charge on any atom is 0.166 e. The third-order valence-corrected chi connectivity index (χ3v) is 7.15. The predicted molar refractivity (Wildman–Crippen MR) is 130 cm³/mol. The Morgan fingerprint density at radius 1 is 1.15 bits per heavy atom. The molecule has 2 aliphatic carbocycles. The van der Waals surface area contributed by atoms with E-state index in [9.17, 15) is 4.79 Å². The van der Waals surface area contributed by atoms with Gasteiger partial charge in [0.05, 0.1) is 24.0 Å². The van der Waals surface area contributed by atoms with Crippen LogP contribution in [0.5, 0.6) is 0 Å². The lowest BCUT2D eigenvalue weighted by molar-refractivity contribution is 0.0982. The summed E-state index contributed by atoms with van der Waals surface area (Å²) >= 11 is 0. The number of ketones is 1. The van der Waals surface area contributed by atoms with Gasteiger partial charge in [-0.25, -0.2) is 4.98 Å². The number of hydrogen-bond donors (Lipinski definition) is 0. The molecule has 4 aromatic rings. The number of carbonyl (C=O) groups excluding carboxylic acids is 1. The zero-order valence-corrected chi connectivity index (χ0v) is 19.2. The van der Waals surface area contributed by atoms with Gasteiger partial charge in [0, 0.05) is 25.0 Å². The van der Waals surface area contributed by atoms with Crippen LogP contribution in [0.15, 0.2) is 49.1 Å². The summed E-state index contributed by atoms with van der Waals surface area (Å²) in [5.41, 5.74) is 10.6. The van der Waals surface area contributed by atoms with Gasteiger partial charge in [-0.05, 0) is 84.9 Å². The Morgan fingerprint density at radius 2 is 2.03 bits per heavy atom. The summed E-state index contributed by atoms with van der Waals surface area (Å²) in [6.45, 7) is 4.90. The highest BCUT2D eigenvalue weighted by Crippen LogP contribution is 2.39. The third kappa shape index (κ3) is 3.82. The number of aromatic nitrogens is 4. The first kappa shape index (κ1) is 20.2. The largest absolute Gasteiger partial charge is 0.306 e. The molecule has 1 fully saturated rings. The van der Waals surface area contributed by atoms with Crippen LogP contribution < -0.4 is 0 Å². The Hall–Kier alpha value is -3.47. The zero-order chi connectivity index (χ0) is 22.5. The van der Waals surface area contributed by atoms with E-state index in [-0.39, 0.29) is 5.78 Å². The van der Waals surface area contributed by atoms with Crippen LogP contribution in [0.25, 0.3) is 11.7 Å². The van der Waals surface area contributed by atoms with Crippen LogP contribution in [0.1, 0.15) is 74.6 Å². The fourth-order valence-corrected chi connectivity index (χ4v) is 5.15. The van der Waals surface area contributed by atoms with Crippen molar-refractivity contribution >= 4 is 17.5 Å². The number of Topliss-reactive ketones (excluding diaryl/α,β-unsaturated/α-hetero) is 1. The fourth-order valence-electron chi connectivity index (χ4n) is 5.15. The van der Waals surface area contributed by atoms with E-state index in [1.165, 1.54) is 46.2 Å². The molecule has 0 aliphatic heterocycles. The molecule has 166 valence electrons. The van der Waals surface area contributed by atoms with Gasteiger partial charge in [0.2, 0.25) is 0 Å². The Labute approximate surface area is 193 Å². The maximum absolute atomic E-state index is 12.9. The van der Waals surface area contributed by atoms with Crippen molar-refractivity contribution in [1.29, 1.82) is 0 Å². The van der Waals surface area contributed by atoms with Crippen molar-refractivity contribution < 1.29 is 4.79 Å². The molecular weight excluding hydrogens is 408 g/mol. The lowest BCUT2D eigenvalue weighted by Crippen LogP contribution is -2.05. The maximum atomic E-state index is 12.9. The summed E-state index contributed by atoms with van der Waals surface area (Å²) in [7, 11) is 0. The van der Waals surface area contributed by atoms with Crippen LogP contribution in [0, 0.1) is 13.8 Å². The molecule has 2 aliphatic rings. The molecule has 0 atom stereocenters. The van der Waals surface area contributed by atoms with Crippen molar-refractivity contribution in [3.63, 3.8) is 0 Å². The molecule has 3 heterocycles. The number of imidazole rings is 1. The molecule has 1 saturated carbocycles. The second-order valence-electron chi connectivity index (χ2n) is 9.56. The summed E-state index contributed by atoms with van der Waals surface area (Å²) < 4.78 is 3.92. The quantitative estimate of drug-likeness (QED) is 0.362. The summed E-state index contributed by atoms with van der Waals surface area (Å²) in [5.74, 6) is 0.862. The molecule has 6 rings (SSSR count). The van der Waals surface area contributed by atoms with E-state index in [2.05, 4.69) is 66.1 Å². The van der Waals surface area contributed by atoms with E-state index in [1.807, 2.05) is 10.9 Å². The number of rotatable bonds is 7. The molecule has 0 spiro atoms. The Bertz CT molecular complexity index is 1420. The van der Waals surface area contributed by atoms with E-state index in [1.54, 1.807) is 6.20 Å². The molecule has 1 aromatic carbocycles. The average molecular weight is 437 g/mol. The number of hydrogen-bond acceptors (Lipinski definition) is 3. The number of pyridine rings is 1. The summed E-state index contributed by atoms with van der Waals surface area (Å²) in [6, 6.07) is 6.56. The van der Waals surface area contributed by atoms with Crippen LogP contribution in [-0.2, 0) is 19.4 Å². The standard InChI is InChI=1S/C28H28N4O/c1-18-12-21-4-3-5-26(21)19(2)25(18)9-10-27(33)23-13-29-32(15-23)17-24-16-31-14-22(20-6-7-20)8-11-28(31)30-24/h3,5,8,11-16,20H,4,6-7,9-10,17H2,1-2H3. The van der Waals surface area contributed by atoms with E-state index in [0.29, 0.717) is 18.5 Å². The van der Waals surface area contributed by atoms with Gasteiger partial charge in [-0.1, -0.05) is 24.3 Å². The summed E-state index contributed by atoms with van der Waals surface area (Å²) in [5, 5.41) is 4.43. The van der Waals surface area contributed by atoms with Crippen LogP contribution in [0.2, 0.25) is 0 Å². The Morgan fingerprint density at radius 3 is 2.88 bits per heavy atom. The number of fused-ring (bicyclic) bond motifs is 2. The highest BCUT2D eigenvalue weighted by Gasteiger charge is 2.23. The van der Waals surface area contributed by atoms with Gasteiger partial charge in [-0.2, -0.15) is 5.10 Å². The van der Waals surface area contributed by atoms with E-state index in [4.69, 9.17) is 4.98 Å². The minimum absolute atomic E-state index is 0.139. The topological polar surface area (TPSA) is 52.2 Å². The summed E-state index contributed by atoms with van der Waals surface area (Å²) in [6.07, 6.45) is 17.1. The van der Waals surface area contributed by atoms with Gasteiger partial charge in [0.25, 0.3) is 0 Å². The van der Waals surface area contributed by atoms with E-state index in [0.717, 1.165) is 30.1 Å². The Kier molecular flexibility index (Phi) is 4.79. The second kappa shape index (κ2) is 7.84. The van der Waals surface area contributed by atoms with Crippen LogP contribution >= 0.6 is 0 Å². The molecule has 3 aromatic heterocycles. The highest BCUT2D eigenvalue weighted by atomic mass is 16.1. The number of aryl methyl sites for hydroxylation is 1. The van der Waals surface area contributed by atoms with Crippen LogP contribution in [0.3, 0.4) is 0 Å². The number of benzene rings is 1. The molecule has 5 heteroatoms. The molecule has 0 saturated heterocycles. The van der Waals surface area contributed by atoms with Gasteiger partial charge in [0.15, 0.2) is 5.78 Å². The zero-order valence-electron chi connectivity index (χ0n) is 19.2. The van der Waals surface area contributed by atoms with Crippen LogP contribution in [0.4, 0.5) is 0 Å².